The van der Waals surface area contributed by atoms with Crippen LogP contribution in [0.5, 0.6) is 0 Å². The van der Waals surface area contributed by atoms with Crippen molar-refractivity contribution in [3.05, 3.63) is 490 Å². The van der Waals surface area contributed by atoms with Gasteiger partial charge in [-0.3, -0.25) is 0 Å². The minimum atomic E-state index is 0.691. The fourth-order valence-corrected chi connectivity index (χ4v) is 16.1. The topological polar surface area (TPSA) is 103 Å². The Balaban J connectivity index is 0.000000123. The predicted molar refractivity (Wildman–Crippen MR) is 567 cm³/mol. The van der Waals surface area contributed by atoms with Crippen molar-refractivity contribution in [1.29, 1.82) is 0 Å². The van der Waals surface area contributed by atoms with Gasteiger partial charge in [0.05, 0.1) is 45.6 Å². The number of aromatic nitrogens is 8. The lowest BCUT2D eigenvalue weighted by atomic mass is 9.95. The van der Waals surface area contributed by atoms with Crippen LogP contribution in [-0.2, 0) is 0 Å². The van der Waals surface area contributed by atoms with Gasteiger partial charge in [0, 0.05) is 66.8 Å². The second-order valence-electron chi connectivity index (χ2n) is 35.5. The first-order chi connectivity index (χ1) is 65.5. The summed E-state index contributed by atoms with van der Waals surface area (Å²) in [5.41, 5.74) is 47.0. The number of rotatable bonds is 15. The summed E-state index contributed by atoms with van der Waals surface area (Å²) >= 11 is 0. The first-order valence-corrected chi connectivity index (χ1v) is 46.2. The molecule has 0 amide bonds. The Morgan fingerprint density at radius 2 is 0.326 bits per heavy atom. The zero-order valence-electron chi connectivity index (χ0n) is 79.8. The maximum absolute atomic E-state index is 5.05. The second kappa shape index (κ2) is 42.8. The highest BCUT2D eigenvalue weighted by molar-refractivity contribution is 5.83. The average molecular weight is 1750 g/mol. The normalized spacial score (nSPS) is 10.8. The maximum atomic E-state index is 5.05. The van der Waals surface area contributed by atoms with Gasteiger partial charge in [-0.05, 0) is 209 Å². The number of hydrogen-bond acceptors (Lipinski definition) is 8. The molecule has 0 fully saturated rings. The molecule has 0 unspecified atom stereocenters. The van der Waals surface area contributed by atoms with E-state index in [9.17, 15) is 0 Å². The molecule has 0 radical (unpaired) electrons. The molecule has 0 saturated carbocycles. The van der Waals surface area contributed by atoms with E-state index in [1.165, 1.54) is 128 Å². The average Bonchev–Trinajstić information content (AvgIpc) is 1.20. The molecule has 8 nitrogen and oxygen atoms in total. The largest absolute Gasteiger partial charge is 0.248 e. The molecule has 15 aromatic carbocycles. The number of hydrogen-bond donors (Lipinski definition) is 0. The molecule has 20 rings (SSSR count). The molecule has 660 valence electrons. The van der Waals surface area contributed by atoms with E-state index >= 15 is 0 Å². The van der Waals surface area contributed by atoms with E-state index in [4.69, 9.17) is 39.9 Å². The van der Waals surface area contributed by atoms with Gasteiger partial charge >= 0.3 is 0 Å². The Morgan fingerprint density at radius 3 is 0.615 bits per heavy atom. The van der Waals surface area contributed by atoms with Crippen molar-refractivity contribution < 1.29 is 0 Å². The van der Waals surface area contributed by atoms with E-state index < -0.39 is 0 Å². The maximum Gasteiger partial charge on any atom is 0.164 e. The third-order valence-electron chi connectivity index (χ3n) is 24.1. The Hall–Kier alpha value is -16.2. The van der Waals surface area contributed by atoms with Crippen LogP contribution >= 0.6 is 0 Å². The van der Waals surface area contributed by atoms with Crippen molar-refractivity contribution in [3.8, 4) is 169 Å². The van der Waals surface area contributed by atoms with Gasteiger partial charge < -0.3 is 0 Å². The standard InChI is InChI=1S/3C26H23N.C25H22N2.C24H21N3/c1-18-4-10-21(11-5-18)24-16-25(22-12-6-19(2)7-13-22)27-26(17-24)23-14-8-20(3)9-15-23;1-18-7-4-10-21(13-18)24-16-25(22-11-5-8-19(2)14-22)27-26(17-24)23-12-6-9-20(3)15-23;1-18-10-4-7-13-22(18)21-16-25(23-14-8-5-11-19(23)2)27-26(17-21)24-15-9-6-12-20(24)3;1-17-4-10-20(11-5-17)23-16-24(21-12-6-18(2)7-13-21)27-25(26-23)22-14-8-19(3)9-15-22;1-16-4-10-19(11-5-16)22-25-23(20-12-6-17(2)7-13-20)27-24(26-22)21-14-8-18(3)9-15-21/h3*4-17H,1-3H3;4-16H,1-3H3;4-15H,1-3H3. The molecule has 135 heavy (non-hydrogen) atoms. The number of benzene rings is 15. The van der Waals surface area contributed by atoms with Crippen molar-refractivity contribution in [1.82, 2.24) is 39.9 Å². The molecule has 0 spiro atoms. The predicted octanol–water partition coefficient (Wildman–Crippen LogP) is 33.2. The van der Waals surface area contributed by atoms with Crippen molar-refractivity contribution in [2.45, 2.75) is 104 Å². The van der Waals surface area contributed by atoms with E-state index in [0.29, 0.717) is 17.5 Å². The summed E-state index contributed by atoms with van der Waals surface area (Å²) in [5.74, 6) is 2.83. The lowest BCUT2D eigenvalue weighted by Gasteiger charge is -2.14. The van der Waals surface area contributed by atoms with Crippen LogP contribution < -0.4 is 0 Å². The molecular formula is C127H112N8. The summed E-state index contributed by atoms with van der Waals surface area (Å²) in [5, 5.41) is 0. The molecule has 5 aromatic heterocycles. The van der Waals surface area contributed by atoms with Crippen LogP contribution in [0.1, 0.15) is 83.5 Å². The molecule has 0 N–H and O–H groups in total. The van der Waals surface area contributed by atoms with Crippen LogP contribution in [0.15, 0.2) is 406 Å². The minimum Gasteiger partial charge on any atom is -0.248 e. The van der Waals surface area contributed by atoms with Gasteiger partial charge in [0.2, 0.25) is 0 Å². The summed E-state index contributed by atoms with van der Waals surface area (Å²) in [6.45, 7) is 31.7. The molecule has 8 heteroatoms. The lowest BCUT2D eigenvalue weighted by molar-refractivity contribution is 1.07. The summed E-state index contributed by atoms with van der Waals surface area (Å²) in [6, 6.07) is 142. The molecule has 0 saturated heterocycles. The first-order valence-electron chi connectivity index (χ1n) is 46.2. The SMILES string of the molecule is Cc1ccc(-c2cc(-c3ccc(C)cc3)nc(-c3ccc(C)cc3)c2)cc1.Cc1ccc(-c2cc(-c3ccc(C)cc3)nc(-c3ccc(C)cc3)n2)cc1.Cc1ccc(-c2nc(-c3ccc(C)cc3)nc(-c3ccc(C)cc3)n2)cc1.Cc1cccc(-c2cc(-c3cccc(C)c3)nc(-c3cccc(C)c3)c2)c1.Cc1ccccc1-c1cc(-c2ccccc2C)nc(-c2ccccc2C)c1. The van der Waals surface area contributed by atoms with Crippen LogP contribution in [0.4, 0.5) is 0 Å². The van der Waals surface area contributed by atoms with Crippen LogP contribution in [0.3, 0.4) is 0 Å². The first kappa shape index (κ1) is 92.1. The van der Waals surface area contributed by atoms with Crippen molar-refractivity contribution >= 4 is 0 Å². The Labute approximate surface area is 797 Å². The van der Waals surface area contributed by atoms with Crippen molar-refractivity contribution in [2.24, 2.45) is 0 Å². The van der Waals surface area contributed by atoms with E-state index in [0.717, 1.165) is 107 Å². The molecule has 0 aliphatic carbocycles. The smallest absolute Gasteiger partial charge is 0.164 e. The molecule has 0 bridgehead atoms. The number of nitrogens with zero attached hydrogens (tertiary/aromatic N) is 8. The molecule has 20 aromatic rings. The van der Waals surface area contributed by atoms with E-state index in [-0.39, 0.29) is 0 Å². The quantitative estimate of drug-likeness (QED) is 0.1000. The van der Waals surface area contributed by atoms with Crippen molar-refractivity contribution in [3.63, 3.8) is 0 Å². The van der Waals surface area contributed by atoms with Gasteiger partial charge in [0.1, 0.15) is 0 Å². The number of pyridine rings is 3. The Bertz CT molecular complexity index is 6290. The monoisotopic (exact) mass is 1750 g/mol. The zero-order valence-corrected chi connectivity index (χ0v) is 79.8. The van der Waals surface area contributed by atoms with Gasteiger partial charge in [-0.2, -0.15) is 0 Å². The summed E-state index contributed by atoms with van der Waals surface area (Å²) in [4.78, 5) is 39.0. The minimum absolute atomic E-state index is 0.691. The summed E-state index contributed by atoms with van der Waals surface area (Å²) in [6.07, 6.45) is 0. The highest BCUT2D eigenvalue weighted by Gasteiger charge is 2.19. The van der Waals surface area contributed by atoms with Crippen LogP contribution in [0.25, 0.3) is 169 Å². The van der Waals surface area contributed by atoms with E-state index in [2.05, 4.69) is 510 Å². The fourth-order valence-electron chi connectivity index (χ4n) is 16.1. The van der Waals surface area contributed by atoms with Gasteiger partial charge in [0.15, 0.2) is 23.3 Å². The van der Waals surface area contributed by atoms with Crippen LogP contribution in [0.2, 0.25) is 0 Å². The van der Waals surface area contributed by atoms with Crippen LogP contribution in [-0.4, -0.2) is 39.9 Å². The molecule has 0 atom stereocenters. The van der Waals surface area contributed by atoms with Gasteiger partial charge in [-0.1, -0.05) is 419 Å². The fraction of sp³-hybridized carbons (Fsp3) is 0.118. The second-order valence-corrected chi connectivity index (χ2v) is 35.5. The summed E-state index contributed by atoms with van der Waals surface area (Å²) in [7, 11) is 0. The Morgan fingerprint density at radius 1 is 0.111 bits per heavy atom. The van der Waals surface area contributed by atoms with Gasteiger partial charge in [-0.15, -0.1) is 0 Å². The van der Waals surface area contributed by atoms with Gasteiger partial charge in [-0.25, -0.2) is 39.9 Å². The Kier molecular flexibility index (Phi) is 29.2. The third-order valence-corrected chi connectivity index (χ3v) is 24.1. The van der Waals surface area contributed by atoms with E-state index in [1.807, 2.05) is 0 Å². The summed E-state index contributed by atoms with van der Waals surface area (Å²) < 4.78 is 0. The molecule has 0 aliphatic rings. The molecule has 0 aliphatic heterocycles. The van der Waals surface area contributed by atoms with Gasteiger partial charge in [0.25, 0.3) is 0 Å². The zero-order chi connectivity index (χ0) is 94.0. The lowest BCUT2D eigenvalue weighted by Crippen LogP contribution is -2.00. The highest BCUT2D eigenvalue weighted by Crippen LogP contribution is 2.38. The molecular weight excluding hydrogens is 1640 g/mol. The third kappa shape index (κ3) is 24.0. The highest BCUT2D eigenvalue weighted by atomic mass is 15.0. The molecule has 5 heterocycles. The van der Waals surface area contributed by atoms with Crippen LogP contribution in [0, 0.1) is 104 Å². The van der Waals surface area contributed by atoms with Crippen molar-refractivity contribution in [2.75, 3.05) is 0 Å². The number of aryl methyl sites for hydroxylation is 15. The van der Waals surface area contributed by atoms with E-state index in [1.54, 1.807) is 0 Å².